The van der Waals surface area contributed by atoms with Gasteiger partial charge in [-0.25, -0.2) is 4.98 Å². The van der Waals surface area contributed by atoms with Gasteiger partial charge in [0, 0.05) is 26.8 Å². The van der Waals surface area contributed by atoms with Gasteiger partial charge in [-0.1, -0.05) is 0 Å². The Bertz CT molecular complexity index is 521. The van der Waals surface area contributed by atoms with E-state index in [9.17, 15) is 14.9 Å². The van der Waals surface area contributed by atoms with Crippen LogP contribution in [0.15, 0.2) is 12.3 Å². The molecule has 0 aliphatic carbocycles. The molecule has 0 fully saturated rings. The van der Waals surface area contributed by atoms with Gasteiger partial charge in [-0.3, -0.25) is 14.9 Å². The summed E-state index contributed by atoms with van der Waals surface area (Å²) in [6, 6.07) is 1.21. The SMILES string of the molecule is CCNc1cc(C(=O)N(C)C(C)COC)c([N+](=O)[O-])cn1. The van der Waals surface area contributed by atoms with Crippen molar-refractivity contribution in [3.05, 3.63) is 27.9 Å². The van der Waals surface area contributed by atoms with Gasteiger partial charge in [0.1, 0.15) is 17.6 Å². The molecule has 0 saturated heterocycles. The number of nitro groups is 1. The lowest BCUT2D eigenvalue weighted by atomic mass is 10.1. The van der Waals surface area contributed by atoms with E-state index in [-0.39, 0.29) is 17.3 Å². The van der Waals surface area contributed by atoms with Crippen LogP contribution in [0.25, 0.3) is 0 Å². The van der Waals surface area contributed by atoms with E-state index in [1.807, 2.05) is 6.92 Å². The first-order chi connectivity index (χ1) is 9.92. The molecule has 1 unspecified atom stereocenters. The fourth-order valence-corrected chi connectivity index (χ4v) is 1.79. The molecule has 0 aliphatic rings. The Kier molecular flexibility index (Phi) is 6.04. The molecular formula is C13H20N4O4. The van der Waals surface area contributed by atoms with Crippen molar-refractivity contribution in [1.82, 2.24) is 9.88 Å². The zero-order valence-electron chi connectivity index (χ0n) is 12.6. The van der Waals surface area contributed by atoms with Crippen molar-refractivity contribution in [2.75, 3.05) is 32.6 Å². The van der Waals surface area contributed by atoms with Crippen LogP contribution in [0.2, 0.25) is 0 Å². The van der Waals surface area contributed by atoms with Gasteiger partial charge in [-0.2, -0.15) is 0 Å². The average molecular weight is 296 g/mol. The van der Waals surface area contributed by atoms with Crippen LogP contribution < -0.4 is 5.32 Å². The molecule has 8 nitrogen and oxygen atoms in total. The number of methoxy groups -OCH3 is 1. The molecule has 0 bridgehead atoms. The van der Waals surface area contributed by atoms with Gasteiger partial charge in [0.2, 0.25) is 0 Å². The highest BCUT2D eigenvalue weighted by molar-refractivity contribution is 5.98. The van der Waals surface area contributed by atoms with Gasteiger partial charge in [0.05, 0.1) is 17.6 Å². The summed E-state index contributed by atoms with van der Waals surface area (Å²) in [7, 11) is 3.12. The summed E-state index contributed by atoms with van der Waals surface area (Å²) in [6.07, 6.45) is 1.10. The molecule has 0 spiro atoms. The molecule has 1 aromatic rings. The number of aromatic nitrogens is 1. The van der Waals surface area contributed by atoms with Gasteiger partial charge in [0.25, 0.3) is 11.6 Å². The monoisotopic (exact) mass is 296 g/mol. The smallest absolute Gasteiger partial charge is 0.300 e. The number of hydrogen-bond acceptors (Lipinski definition) is 6. The summed E-state index contributed by atoms with van der Waals surface area (Å²) in [6.45, 7) is 4.63. The van der Waals surface area contributed by atoms with Crippen molar-refractivity contribution in [3.63, 3.8) is 0 Å². The lowest BCUT2D eigenvalue weighted by Gasteiger charge is -2.24. The Morgan fingerprint density at radius 1 is 1.62 bits per heavy atom. The summed E-state index contributed by atoms with van der Waals surface area (Å²) in [5.41, 5.74) is -0.297. The van der Waals surface area contributed by atoms with Crippen LogP contribution >= 0.6 is 0 Å². The number of carbonyl (C=O) groups excluding carboxylic acids is 1. The van der Waals surface area contributed by atoms with Crippen molar-refractivity contribution in [2.24, 2.45) is 0 Å². The highest BCUT2D eigenvalue weighted by Crippen LogP contribution is 2.22. The minimum atomic E-state index is -0.606. The van der Waals surface area contributed by atoms with E-state index >= 15 is 0 Å². The van der Waals surface area contributed by atoms with E-state index in [1.165, 1.54) is 18.1 Å². The third kappa shape index (κ3) is 4.12. The second-order valence-electron chi connectivity index (χ2n) is 4.59. The van der Waals surface area contributed by atoms with Crippen LogP contribution in [0.3, 0.4) is 0 Å². The summed E-state index contributed by atoms with van der Waals surface area (Å²) in [5.74, 6) is -0.00736. The summed E-state index contributed by atoms with van der Waals surface area (Å²) in [4.78, 5) is 28.3. The maximum absolute atomic E-state index is 12.5. The highest BCUT2D eigenvalue weighted by Gasteiger charge is 2.26. The molecule has 21 heavy (non-hydrogen) atoms. The van der Waals surface area contributed by atoms with Gasteiger partial charge in [0.15, 0.2) is 0 Å². The van der Waals surface area contributed by atoms with Crippen LogP contribution in [0.5, 0.6) is 0 Å². The first-order valence-corrected chi connectivity index (χ1v) is 6.56. The second kappa shape index (κ2) is 7.53. The minimum absolute atomic E-state index is 0.0106. The Labute approximate surface area is 123 Å². The highest BCUT2D eigenvalue weighted by atomic mass is 16.6. The van der Waals surface area contributed by atoms with Crippen LogP contribution in [-0.2, 0) is 4.74 Å². The predicted octanol–water partition coefficient (Wildman–Crippen LogP) is 1.53. The molecule has 0 saturated carbocycles. The zero-order chi connectivity index (χ0) is 16.0. The number of hydrogen-bond donors (Lipinski definition) is 1. The number of nitrogens with zero attached hydrogens (tertiary/aromatic N) is 3. The number of pyridine rings is 1. The minimum Gasteiger partial charge on any atom is -0.383 e. The first-order valence-electron chi connectivity index (χ1n) is 6.56. The van der Waals surface area contributed by atoms with E-state index in [4.69, 9.17) is 4.74 Å². The number of rotatable bonds is 7. The standard InChI is InChI=1S/C13H20N4O4/c1-5-14-12-6-10(11(7-15-12)17(19)20)13(18)16(3)9(2)8-21-4/h6-7,9H,5,8H2,1-4H3,(H,14,15). The van der Waals surface area contributed by atoms with Gasteiger partial charge in [-0.15, -0.1) is 0 Å². The Morgan fingerprint density at radius 2 is 2.29 bits per heavy atom. The second-order valence-corrected chi connectivity index (χ2v) is 4.59. The van der Waals surface area contributed by atoms with Crippen LogP contribution in [-0.4, -0.2) is 54.1 Å². The van der Waals surface area contributed by atoms with Crippen molar-refractivity contribution in [1.29, 1.82) is 0 Å². The topological polar surface area (TPSA) is 97.6 Å². The lowest BCUT2D eigenvalue weighted by Crippen LogP contribution is -2.38. The largest absolute Gasteiger partial charge is 0.383 e. The molecule has 0 aromatic carbocycles. The maximum Gasteiger partial charge on any atom is 0.300 e. The summed E-state index contributed by atoms with van der Waals surface area (Å²) >= 11 is 0. The van der Waals surface area contributed by atoms with Crippen LogP contribution in [0.4, 0.5) is 11.5 Å². The third-order valence-corrected chi connectivity index (χ3v) is 3.06. The fraction of sp³-hybridized carbons (Fsp3) is 0.538. The molecule has 116 valence electrons. The normalized spacial score (nSPS) is 11.8. The van der Waals surface area contributed by atoms with Crippen molar-refractivity contribution < 1.29 is 14.5 Å². The molecule has 0 radical (unpaired) electrons. The molecule has 1 rings (SSSR count). The molecule has 1 heterocycles. The van der Waals surface area contributed by atoms with E-state index < -0.39 is 10.8 Å². The van der Waals surface area contributed by atoms with Gasteiger partial charge < -0.3 is 15.0 Å². The maximum atomic E-state index is 12.5. The molecular weight excluding hydrogens is 276 g/mol. The lowest BCUT2D eigenvalue weighted by molar-refractivity contribution is -0.385. The van der Waals surface area contributed by atoms with E-state index in [1.54, 1.807) is 14.0 Å². The number of likely N-dealkylation sites (N-methyl/N-ethyl adjacent to an activating group) is 1. The molecule has 1 N–H and O–H groups in total. The molecule has 8 heteroatoms. The Balaban J connectivity index is 3.15. The van der Waals surface area contributed by atoms with Crippen LogP contribution in [0, 0.1) is 10.1 Å². The number of nitrogens with one attached hydrogen (secondary N) is 1. The predicted molar refractivity (Wildman–Crippen MR) is 78.5 cm³/mol. The van der Waals surface area contributed by atoms with E-state index in [2.05, 4.69) is 10.3 Å². The van der Waals surface area contributed by atoms with Crippen molar-refractivity contribution >= 4 is 17.4 Å². The van der Waals surface area contributed by atoms with E-state index in [0.717, 1.165) is 6.20 Å². The number of carbonyl (C=O) groups is 1. The average Bonchev–Trinajstić information content (AvgIpc) is 2.46. The first kappa shape index (κ1) is 16.8. The zero-order valence-corrected chi connectivity index (χ0v) is 12.6. The summed E-state index contributed by atoms with van der Waals surface area (Å²) < 4.78 is 5.00. The third-order valence-electron chi connectivity index (χ3n) is 3.06. The number of amides is 1. The molecule has 1 aromatic heterocycles. The van der Waals surface area contributed by atoms with Crippen molar-refractivity contribution in [3.8, 4) is 0 Å². The van der Waals surface area contributed by atoms with Crippen LogP contribution in [0.1, 0.15) is 24.2 Å². The Morgan fingerprint density at radius 3 is 2.81 bits per heavy atom. The van der Waals surface area contributed by atoms with Gasteiger partial charge >= 0.3 is 0 Å². The number of ether oxygens (including phenoxy) is 1. The Hall–Kier alpha value is -2.22. The van der Waals surface area contributed by atoms with Gasteiger partial charge in [-0.05, 0) is 13.8 Å². The molecule has 1 atom stereocenters. The molecule has 1 amide bonds. The molecule has 0 aliphatic heterocycles. The van der Waals surface area contributed by atoms with E-state index in [0.29, 0.717) is 19.0 Å². The number of anilines is 1. The quantitative estimate of drug-likeness (QED) is 0.605. The summed E-state index contributed by atoms with van der Waals surface area (Å²) in [5, 5.41) is 14.0. The van der Waals surface area contributed by atoms with Crippen molar-refractivity contribution in [2.45, 2.75) is 19.9 Å². The fourth-order valence-electron chi connectivity index (χ4n) is 1.79.